The zero-order valence-corrected chi connectivity index (χ0v) is 11.9. The molecule has 1 saturated carbocycles. The van der Waals surface area contributed by atoms with Crippen molar-refractivity contribution in [1.29, 1.82) is 0 Å². The van der Waals surface area contributed by atoms with Crippen molar-refractivity contribution in [3.8, 4) is 0 Å². The first-order valence-electron chi connectivity index (χ1n) is 7.19. The van der Waals surface area contributed by atoms with E-state index in [1.54, 1.807) is 4.90 Å². The fourth-order valence-corrected chi connectivity index (χ4v) is 2.96. The van der Waals surface area contributed by atoms with Crippen molar-refractivity contribution >= 4 is 12.0 Å². The lowest BCUT2D eigenvalue weighted by Gasteiger charge is -2.40. The van der Waals surface area contributed by atoms with Gasteiger partial charge in [-0.25, -0.2) is 14.3 Å². The third kappa shape index (κ3) is 2.70. The number of hydrogen-bond donors (Lipinski definition) is 2. The number of carbonyl (C=O) groups excluding carboxylic acids is 1. The fourth-order valence-electron chi connectivity index (χ4n) is 2.96. The second kappa shape index (κ2) is 5.01. The second-order valence-electron chi connectivity index (χ2n) is 6.15. The van der Waals surface area contributed by atoms with Gasteiger partial charge >= 0.3 is 12.0 Å². The lowest BCUT2D eigenvalue weighted by molar-refractivity contribution is 0.0690. The summed E-state index contributed by atoms with van der Waals surface area (Å²) in [4.78, 5) is 24.6. The smallest absolute Gasteiger partial charge is 0.358 e. The van der Waals surface area contributed by atoms with Gasteiger partial charge in [-0.05, 0) is 19.8 Å². The quantitative estimate of drug-likeness (QED) is 0.861. The zero-order chi connectivity index (χ0) is 15.0. The summed E-state index contributed by atoms with van der Waals surface area (Å²) in [6, 6.07) is -0.0399. The van der Waals surface area contributed by atoms with Crippen LogP contribution in [0.15, 0.2) is 6.20 Å². The standard InChI is InChI=1S/C13H19N5O3/c1-13(4-2-3-5-13)14-12(21)17-6-9(7-17)18-8-10(11(19)20)15-16-18/h8-9H,2-7H2,1H3,(H,14,21)(H,19,20). The predicted octanol–water partition coefficient (Wildman–Crippen LogP) is 0.875. The molecule has 1 aromatic heterocycles. The molecule has 2 amide bonds. The molecule has 1 aliphatic carbocycles. The number of carbonyl (C=O) groups is 2. The molecule has 0 spiro atoms. The van der Waals surface area contributed by atoms with Gasteiger partial charge in [0.15, 0.2) is 5.69 Å². The normalized spacial score (nSPS) is 21.1. The van der Waals surface area contributed by atoms with Gasteiger partial charge in [0.2, 0.25) is 0 Å². The first-order valence-corrected chi connectivity index (χ1v) is 7.19. The molecule has 3 rings (SSSR count). The Kier molecular flexibility index (Phi) is 3.30. The highest BCUT2D eigenvalue weighted by atomic mass is 16.4. The molecule has 21 heavy (non-hydrogen) atoms. The third-order valence-electron chi connectivity index (χ3n) is 4.37. The molecular weight excluding hydrogens is 274 g/mol. The van der Waals surface area contributed by atoms with Crippen LogP contribution in [0, 0.1) is 0 Å². The van der Waals surface area contributed by atoms with Gasteiger partial charge in [-0.2, -0.15) is 0 Å². The molecule has 0 radical (unpaired) electrons. The monoisotopic (exact) mass is 293 g/mol. The number of hydrogen-bond acceptors (Lipinski definition) is 4. The maximum atomic E-state index is 12.2. The highest BCUT2D eigenvalue weighted by molar-refractivity contribution is 5.84. The molecule has 2 heterocycles. The van der Waals surface area contributed by atoms with E-state index >= 15 is 0 Å². The van der Waals surface area contributed by atoms with Gasteiger partial charge in [-0.15, -0.1) is 5.10 Å². The van der Waals surface area contributed by atoms with E-state index in [0.717, 1.165) is 25.7 Å². The van der Waals surface area contributed by atoms with Crippen molar-refractivity contribution in [3.63, 3.8) is 0 Å². The Morgan fingerprint density at radius 3 is 2.62 bits per heavy atom. The van der Waals surface area contributed by atoms with Crippen LogP contribution in [0.3, 0.4) is 0 Å². The van der Waals surface area contributed by atoms with Crippen LogP contribution in [0.1, 0.15) is 49.1 Å². The van der Waals surface area contributed by atoms with Gasteiger partial charge in [0.05, 0.1) is 12.2 Å². The van der Waals surface area contributed by atoms with Gasteiger partial charge in [0.25, 0.3) is 0 Å². The Morgan fingerprint density at radius 2 is 2.05 bits per heavy atom. The Labute approximate surface area is 122 Å². The molecule has 8 heteroatoms. The Morgan fingerprint density at radius 1 is 1.38 bits per heavy atom. The summed E-state index contributed by atoms with van der Waals surface area (Å²) in [7, 11) is 0. The SMILES string of the molecule is CC1(NC(=O)N2CC(n3cc(C(=O)O)nn3)C2)CCCC1. The lowest BCUT2D eigenvalue weighted by atomic mass is 10.0. The molecule has 0 bridgehead atoms. The van der Waals surface area contributed by atoms with Crippen LogP contribution in [-0.4, -0.2) is 55.6 Å². The molecular formula is C13H19N5O3. The Bertz CT molecular complexity index is 558. The molecule has 8 nitrogen and oxygen atoms in total. The van der Waals surface area contributed by atoms with E-state index in [9.17, 15) is 9.59 Å². The molecule has 2 aliphatic rings. The van der Waals surface area contributed by atoms with Crippen molar-refractivity contribution in [2.75, 3.05) is 13.1 Å². The molecule has 0 aromatic carbocycles. The molecule has 0 unspecified atom stereocenters. The Balaban J connectivity index is 1.52. The molecule has 0 atom stereocenters. The van der Waals surface area contributed by atoms with Gasteiger partial charge in [0, 0.05) is 18.6 Å². The average molecular weight is 293 g/mol. The largest absolute Gasteiger partial charge is 0.476 e. The van der Waals surface area contributed by atoms with Crippen LogP contribution in [0.2, 0.25) is 0 Å². The molecule has 2 N–H and O–H groups in total. The van der Waals surface area contributed by atoms with Gasteiger partial charge in [-0.1, -0.05) is 18.1 Å². The number of rotatable bonds is 3. The van der Waals surface area contributed by atoms with Crippen molar-refractivity contribution in [1.82, 2.24) is 25.2 Å². The molecule has 114 valence electrons. The van der Waals surface area contributed by atoms with E-state index in [1.165, 1.54) is 10.9 Å². The number of likely N-dealkylation sites (tertiary alicyclic amines) is 1. The number of carboxylic acid groups (broad SMARTS) is 1. The van der Waals surface area contributed by atoms with Crippen molar-refractivity contribution in [2.24, 2.45) is 0 Å². The van der Waals surface area contributed by atoms with E-state index in [-0.39, 0.29) is 23.3 Å². The predicted molar refractivity (Wildman–Crippen MR) is 73.0 cm³/mol. The van der Waals surface area contributed by atoms with Crippen LogP contribution in [0.5, 0.6) is 0 Å². The molecule has 1 aromatic rings. The second-order valence-corrected chi connectivity index (χ2v) is 6.15. The first-order chi connectivity index (χ1) is 9.97. The summed E-state index contributed by atoms with van der Waals surface area (Å²) >= 11 is 0. The topological polar surface area (TPSA) is 100 Å². The van der Waals surface area contributed by atoms with Crippen LogP contribution in [-0.2, 0) is 0 Å². The first kappa shape index (κ1) is 13.8. The maximum absolute atomic E-state index is 12.2. The molecule has 1 aliphatic heterocycles. The summed E-state index contributed by atoms with van der Waals surface area (Å²) in [5, 5.41) is 19.3. The fraction of sp³-hybridized carbons (Fsp3) is 0.692. The van der Waals surface area contributed by atoms with Gasteiger partial charge in [-0.3, -0.25) is 0 Å². The van der Waals surface area contributed by atoms with Crippen molar-refractivity contribution < 1.29 is 14.7 Å². The Hall–Kier alpha value is -2.12. The van der Waals surface area contributed by atoms with E-state index in [0.29, 0.717) is 13.1 Å². The van der Waals surface area contributed by atoms with Crippen LogP contribution in [0.25, 0.3) is 0 Å². The number of nitrogens with one attached hydrogen (secondary N) is 1. The zero-order valence-electron chi connectivity index (χ0n) is 11.9. The summed E-state index contributed by atoms with van der Waals surface area (Å²) in [5.74, 6) is -1.09. The van der Waals surface area contributed by atoms with E-state index in [1.807, 2.05) is 0 Å². The number of urea groups is 1. The number of amides is 2. The highest BCUT2D eigenvalue weighted by Gasteiger charge is 2.37. The van der Waals surface area contributed by atoms with E-state index in [4.69, 9.17) is 5.11 Å². The molecule has 2 fully saturated rings. The number of carboxylic acids is 1. The van der Waals surface area contributed by atoms with Crippen molar-refractivity contribution in [3.05, 3.63) is 11.9 Å². The average Bonchev–Trinajstić information content (AvgIpc) is 2.96. The van der Waals surface area contributed by atoms with Crippen LogP contribution in [0.4, 0.5) is 4.79 Å². The van der Waals surface area contributed by atoms with E-state index < -0.39 is 5.97 Å². The summed E-state index contributed by atoms with van der Waals surface area (Å²) in [6.07, 6.45) is 5.79. The number of aromatic nitrogens is 3. The lowest BCUT2D eigenvalue weighted by Crippen LogP contribution is -2.58. The van der Waals surface area contributed by atoms with Crippen LogP contribution >= 0.6 is 0 Å². The minimum Gasteiger partial charge on any atom is -0.476 e. The van der Waals surface area contributed by atoms with Gasteiger partial charge < -0.3 is 15.3 Å². The summed E-state index contributed by atoms with van der Waals surface area (Å²) < 4.78 is 1.52. The van der Waals surface area contributed by atoms with Gasteiger partial charge in [0.1, 0.15) is 0 Å². The van der Waals surface area contributed by atoms with Crippen molar-refractivity contribution in [2.45, 2.75) is 44.2 Å². The summed E-state index contributed by atoms with van der Waals surface area (Å²) in [6.45, 7) is 3.15. The number of aromatic carboxylic acids is 1. The third-order valence-corrected chi connectivity index (χ3v) is 4.37. The summed E-state index contributed by atoms with van der Waals surface area (Å²) in [5.41, 5.74) is -0.150. The minimum absolute atomic E-state index is 0.00716. The highest BCUT2D eigenvalue weighted by Crippen LogP contribution is 2.30. The van der Waals surface area contributed by atoms with E-state index in [2.05, 4.69) is 22.6 Å². The number of nitrogens with zero attached hydrogens (tertiary/aromatic N) is 4. The maximum Gasteiger partial charge on any atom is 0.358 e. The molecule has 1 saturated heterocycles. The van der Waals surface area contributed by atoms with Crippen LogP contribution < -0.4 is 5.32 Å². The minimum atomic E-state index is -1.09.